The minimum atomic E-state index is -4.41. The van der Waals surface area contributed by atoms with Gasteiger partial charge < -0.3 is 4.74 Å². The number of ether oxygens (including phenoxy) is 1. The second-order valence-corrected chi connectivity index (χ2v) is 10.8. The molecule has 0 heterocycles. The van der Waals surface area contributed by atoms with Gasteiger partial charge in [0.25, 0.3) is 10.1 Å². The number of halogens is 3. The predicted molar refractivity (Wildman–Crippen MR) is 119 cm³/mol. The fourth-order valence-corrected chi connectivity index (χ4v) is 5.15. The van der Waals surface area contributed by atoms with Crippen LogP contribution < -0.4 is 4.74 Å². The Morgan fingerprint density at radius 2 is 1.54 bits per heavy atom. The molecule has 9 heteroatoms. The van der Waals surface area contributed by atoms with Gasteiger partial charge in [0.15, 0.2) is 0 Å². The van der Waals surface area contributed by atoms with Crippen LogP contribution in [-0.4, -0.2) is 18.9 Å². The van der Waals surface area contributed by atoms with Crippen molar-refractivity contribution in [2.75, 3.05) is 0 Å². The number of rotatable bonds is 5. The average Bonchev–Trinajstić information content (AvgIpc) is 2.56. The summed E-state index contributed by atoms with van der Waals surface area (Å²) in [4.78, 5) is 12.6. The SMILES string of the molecule is CC(C)c1cc(S(=O)(=O)O)c(C(C)C)cc1OC(=O)c1cc(Br)cc(Br)c1Br. The third kappa shape index (κ3) is 5.24. The average molecular weight is 599 g/mol. The van der Waals surface area contributed by atoms with Gasteiger partial charge in [0.05, 0.1) is 10.5 Å². The van der Waals surface area contributed by atoms with Crippen molar-refractivity contribution in [3.05, 3.63) is 54.4 Å². The van der Waals surface area contributed by atoms with Crippen LogP contribution in [0.4, 0.5) is 0 Å². The molecule has 0 aliphatic rings. The topological polar surface area (TPSA) is 80.7 Å². The Hall–Kier alpha value is -0.740. The smallest absolute Gasteiger partial charge is 0.344 e. The highest BCUT2D eigenvalue weighted by atomic mass is 79.9. The van der Waals surface area contributed by atoms with Crippen LogP contribution in [0.2, 0.25) is 0 Å². The summed E-state index contributed by atoms with van der Waals surface area (Å²) in [5.41, 5.74) is 1.20. The van der Waals surface area contributed by atoms with E-state index in [9.17, 15) is 17.8 Å². The van der Waals surface area contributed by atoms with E-state index >= 15 is 0 Å². The molecule has 0 spiro atoms. The van der Waals surface area contributed by atoms with Crippen LogP contribution in [-0.2, 0) is 10.1 Å². The molecule has 0 saturated heterocycles. The van der Waals surface area contributed by atoms with Crippen molar-refractivity contribution in [1.82, 2.24) is 0 Å². The fourth-order valence-electron chi connectivity index (χ4n) is 2.66. The minimum absolute atomic E-state index is 0.137. The monoisotopic (exact) mass is 596 g/mol. The molecule has 0 atom stereocenters. The maximum atomic E-state index is 12.8. The van der Waals surface area contributed by atoms with Crippen LogP contribution in [0, 0.1) is 0 Å². The van der Waals surface area contributed by atoms with E-state index in [2.05, 4.69) is 47.8 Å². The molecular formula is C19H19Br3O5S. The maximum absolute atomic E-state index is 12.8. The molecule has 2 aromatic rings. The molecule has 1 N–H and O–H groups in total. The van der Waals surface area contributed by atoms with E-state index in [0.717, 1.165) is 0 Å². The van der Waals surface area contributed by atoms with Crippen LogP contribution in [0.1, 0.15) is 61.0 Å². The zero-order valence-corrected chi connectivity index (χ0v) is 21.2. The molecule has 0 amide bonds. The first-order valence-corrected chi connectivity index (χ1v) is 12.2. The van der Waals surface area contributed by atoms with E-state index in [0.29, 0.717) is 30.1 Å². The first-order valence-electron chi connectivity index (χ1n) is 8.35. The van der Waals surface area contributed by atoms with Gasteiger partial charge in [0.1, 0.15) is 5.75 Å². The second kappa shape index (κ2) is 8.95. The van der Waals surface area contributed by atoms with E-state index in [1.165, 1.54) is 12.1 Å². The molecule has 0 aliphatic heterocycles. The summed E-state index contributed by atoms with van der Waals surface area (Å²) in [6.07, 6.45) is 0. The molecule has 0 bridgehead atoms. The summed E-state index contributed by atoms with van der Waals surface area (Å²) in [6.45, 7) is 7.29. The Balaban J connectivity index is 2.62. The zero-order chi connectivity index (χ0) is 21.4. The molecule has 0 aromatic heterocycles. The van der Waals surface area contributed by atoms with E-state index in [1.807, 2.05) is 13.8 Å². The van der Waals surface area contributed by atoms with Gasteiger partial charge in [-0.05, 0) is 79.1 Å². The summed E-state index contributed by atoms with van der Waals surface area (Å²) in [7, 11) is -4.41. The highest BCUT2D eigenvalue weighted by molar-refractivity contribution is 9.13. The van der Waals surface area contributed by atoms with E-state index in [-0.39, 0.29) is 22.5 Å². The standard InChI is InChI=1S/C19H19Br3O5S/c1-9(2)12-8-17(28(24,25)26)13(10(3)4)7-16(12)27-19(23)14-5-11(20)6-15(21)18(14)22/h5-10H,1-4H3,(H,24,25,26). The van der Waals surface area contributed by atoms with E-state index in [1.54, 1.807) is 26.0 Å². The van der Waals surface area contributed by atoms with E-state index in [4.69, 9.17) is 4.74 Å². The molecule has 0 aliphatic carbocycles. The van der Waals surface area contributed by atoms with Crippen molar-refractivity contribution in [3.8, 4) is 5.75 Å². The first kappa shape index (κ1) is 23.5. The quantitative estimate of drug-likeness (QED) is 0.180. The maximum Gasteiger partial charge on any atom is 0.344 e. The highest BCUT2D eigenvalue weighted by Crippen LogP contribution is 2.37. The summed E-state index contributed by atoms with van der Waals surface area (Å²) in [5.74, 6) is -0.672. The molecule has 0 fully saturated rings. The normalized spacial score (nSPS) is 11.9. The molecule has 152 valence electrons. The van der Waals surface area contributed by atoms with Gasteiger partial charge in [-0.1, -0.05) is 43.6 Å². The van der Waals surface area contributed by atoms with Gasteiger partial charge in [0.2, 0.25) is 0 Å². The summed E-state index contributed by atoms with van der Waals surface area (Å²) < 4.78 is 40.9. The Bertz CT molecular complexity index is 1030. The number of carbonyl (C=O) groups excluding carboxylic acids is 1. The zero-order valence-electron chi connectivity index (χ0n) is 15.6. The number of hydrogen-bond donors (Lipinski definition) is 1. The first-order chi connectivity index (χ1) is 12.8. The van der Waals surface area contributed by atoms with Gasteiger partial charge >= 0.3 is 5.97 Å². The van der Waals surface area contributed by atoms with Crippen LogP contribution in [0.5, 0.6) is 5.75 Å². The van der Waals surface area contributed by atoms with Gasteiger partial charge in [-0.3, -0.25) is 4.55 Å². The number of benzene rings is 2. The molecule has 0 radical (unpaired) electrons. The third-order valence-electron chi connectivity index (χ3n) is 4.08. The largest absolute Gasteiger partial charge is 0.423 e. The van der Waals surface area contributed by atoms with Gasteiger partial charge in [0, 0.05) is 13.4 Å². The lowest BCUT2D eigenvalue weighted by atomic mass is 9.96. The van der Waals surface area contributed by atoms with Crippen LogP contribution in [0.15, 0.2) is 42.6 Å². The van der Waals surface area contributed by atoms with Crippen molar-refractivity contribution < 1.29 is 22.5 Å². The number of carbonyl (C=O) groups is 1. The van der Waals surface area contributed by atoms with Crippen molar-refractivity contribution in [2.24, 2.45) is 0 Å². The van der Waals surface area contributed by atoms with Crippen molar-refractivity contribution >= 4 is 63.9 Å². The predicted octanol–water partition coefficient (Wildman–Crippen LogP) is 6.69. The lowest BCUT2D eigenvalue weighted by Gasteiger charge is -2.19. The Kier molecular flexibility index (Phi) is 7.53. The third-order valence-corrected chi connectivity index (χ3v) is 7.46. The van der Waals surface area contributed by atoms with Crippen molar-refractivity contribution in [2.45, 2.75) is 44.4 Å². The van der Waals surface area contributed by atoms with Gasteiger partial charge in [-0.15, -0.1) is 0 Å². The van der Waals surface area contributed by atoms with Gasteiger partial charge in [-0.2, -0.15) is 8.42 Å². The summed E-state index contributed by atoms with van der Waals surface area (Å²) in [5, 5.41) is 0. The lowest BCUT2D eigenvalue weighted by molar-refractivity contribution is 0.0731. The van der Waals surface area contributed by atoms with Crippen molar-refractivity contribution in [1.29, 1.82) is 0 Å². The van der Waals surface area contributed by atoms with E-state index < -0.39 is 16.1 Å². The summed E-state index contributed by atoms with van der Waals surface area (Å²) >= 11 is 10.1. The van der Waals surface area contributed by atoms with Crippen LogP contribution in [0.3, 0.4) is 0 Å². The molecular weight excluding hydrogens is 580 g/mol. The highest BCUT2D eigenvalue weighted by Gasteiger charge is 2.25. The van der Waals surface area contributed by atoms with Crippen LogP contribution in [0.25, 0.3) is 0 Å². The summed E-state index contributed by atoms with van der Waals surface area (Å²) in [6, 6.07) is 6.31. The minimum Gasteiger partial charge on any atom is -0.423 e. The lowest BCUT2D eigenvalue weighted by Crippen LogP contribution is -2.13. The Morgan fingerprint density at radius 3 is 2.04 bits per heavy atom. The van der Waals surface area contributed by atoms with Crippen LogP contribution >= 0.6 is 47.8 Å². The molecule has 0 unspecified atom stereocenters. The van der Waals surface area contributed by atoms with Gasteiger partial charge in [-0.25, -0.2) is 4.79 Å². The molecule has 5 nitrogen and oxygen atoms in total. The molecule has 0 saturated carbocycles. The number of esters is 1. The Morgan fingerprint density at radius 1 is 0.964 bits per heavy atom. The van der Waals surface area contributed by atoms with Crippen molar-refractivity contribution in [3.63, 3.8) is 0 Å². The second-order valence-electron chi connectivity index (χ2n) is 6.85. The molecule has 28 heavy (non-hydrogen) atoms. The fraction of sp³-hybridized carbons (Fsp3) is 0.316. The Labute approximate surface area is 190 Å². The molecule has 2 aromatic carbocycles. The number of hydrogen-bond acceptors (Lipinski definition) is 4. The molecule has 2 rings (SSSR count).